The lowest BCUT2D eigenvalue weighted by atomic mass is 10.0. The van der Waals surface area contributed by atoms with Crippen LogP contribution in [0.4, 0.5) is 0 Å². The summed E-state index contributed by atoms with van der Waals surface area (Å²) in [5.41, 5.74) is 3.47. The Balaban J connectivity index is 1.82. The minimum Gasteiger partial charge on any atom is -0.348 e. The molecule has 0 aliphatic heterocycles. The number of rotatable bonds is 7. The highest BCUT2D eigenvalue weighted by Gasteiger charge is 2.16. The van der Waals surface area contributed by atoms with Crippen molar-refractivity contribution >= 4 is 17.5 Å². The molecule has 0 fully saturated rings. The zero-order valence-electron chi connectivity index (χ0n) is 16.5. The standard InChI is InChI=1S/C23H26ClN3O/c1-16(2)10-11-17(3)26-23(28)22-14-25-15-27(22)21-9-5-7-19(13-21)18-6-4-8-20(24)12-18/h4-9,12-17H,10-11H2,1-3H3,(H,26,28). The SMILES string of the molecule is CC(C)CCC(C)NC(=O)c1cncn1-c1cccc(-c2cccc(Cl)c2)c1. The Bertz CT molecular complexity index is 948. The van der Waals surface area contributed by atoms with Crippen LogP contribution in [-0.2, 0) is 0 Å². The minimum atomic E-state index is -0.109. The van der Waals surface area contributed by atoms with Crippen molar-refractivity contribution in [2.24, 2.45) is 5.92 Å². The third-order valence-corrected chi connectivity index (χ3v) is 4.94. The number of carbonyl (C=O) groups is 1. The fourth-order valence-electron chi connectivity index (χ4n) is 3.13. The summed E-state index contributed by atoms with van der Waals surface area (Å²) >= 11 is 6.13. The smallest absolute Gasteiger partial charge is 0.270 e. The molecular weight excluding hydrogens is 370 g/mol. The van der Waals surface area contributed by atoms with Crippen LogP contribution in [0.3, 0.4) is 0 Å². The number of benzene rings is 2. The summed E-state index contributed by atoms with van der Waals surface area (Å²) in [6, 6.07) is 15.9. The Morgan fingerprint density at radius 3 is 2.50 bits per heavy atom. The molecule has 1 amide bonds. The fourth-order valence-corrected chi connectivity index (χ4v) is 3.32. The predicted molar refractivity (Wildman–Crippen MR) is 115 cm³/mol. The first kappa shape index (κ1) is 20.2. The highest BCUT2D eigenvalue weighted by atomic mass is 35.5. The maximum absolute atomic E-state index is 12.8. The molecule has 1 unspecified atom stereocenters. The number of nitrogens with one attached hydrogen (secondary N) is 1. The lowest BCUT2D eigenvalue weighted by Crippen LogP contribution is -2.33. The first-order chi connectivity index (χ1) is 13.4. The molecule has 2 aromatic carbocycles. The molecule has 0 spiro atoms. The number of imidazole rings is 1. The van der Waals surface area contributed by atoms with E-state index in [0.29, 0.717) is 16.6 Å². The Hall–Kier alpha value is -2.59. The second-order valence-electron chi connectivity index (χ2n) is 7.56. The highest BCUT2D eigenvalue weighted by Crippen LogP contribution is 2.25. The Morgan fingerprint density at radius 2 is 1.79 bits per heavy atom. The van der Waals surface area contributed by atoms with Gasteiger partial charge in [0, 0.05) is 16.8 Å². The Labute approximate surface area is 171 Å². The van der Waals surface area contributed by atoms with Gasteiger partial charge in [-0.3, -0.25) is 9.36 Å². The van der Waals surface area contributed by atoms with E-state index in [4.69, 9.17) is 11.6 Å². The third-order valence-electron chi connectivity index (χ3n) is 4.71. The van der Waals surface area contributed by atoms with E-state index in [-0.39, 0.29) is 11.9 Å². The maximum atomic E-state index is 12.8. The van der Waals surface area contributed by atoms with Gasteiger partial charge < -0.3 is 5.32 Å². The molecule has 0 saturated carbocycles. The topological polar surface area (TPSA) is 46.9 Å². The molecule has 28 heavy (non-hydrogen) atoms. The van der Waals surface area contributed by atoms with Crippen LogP contribution >= 0.6 is 11.6 Å². The molecule has 0 bridgehead atoms. The molecule has 1 N–H and O–H groups in total. The second kappa shape index (κ2) is 9.07. The maximum Gasteiger partial charge on any atom is 0.270 e. The van der Waals surface area contributed by atoms with Gasteiger partial charge in [-0.25, -0.2) is 4.98 Å². The first-order valence-electron chi connectivity index (χ1n) is 9.63. The van der Waals surface area contributed by atoms with E-state index in [1.165, 1.54) is 0 Å². The molecule has 0 aliphatic rings. The van der Waals surface area contributed by atoms with Crippen molar-refractivity contribution < 1.29 is 4.79 Å². The normalized spacial score (nSPS) is 12.2. The quantitative estimate of drug-likeness (QED) is 0.553. The highest BCUT2D eigenvalue weighted by molar-refractivity contribution is 6.30. The van der Waals surface area contributed by atoms with Crippen LogP contribution in [0.5, 0.6) is 0 Å². The molecular formula is C23H26ClN3O. The van der Waals surface area contributed by atoms with Gasteiger partial charge in [0.1, 0.15) is 5.69 Å². The second-order valence-corrected chi connectivity index (χ2v) is 7.99. The van der Waals surface area contributed by atoms with Crippen LogP contribution in [-0.4, -0.2) is 21.5 Å². The van der Waals surface area contributed by atoms with Gasteiger partial charge in [0.15, 0.2) is 0 Å². The Morgan fingerprint density at radius 1 is 1.07 bits per heavy atom. The lowest BCUT2D eigenvalue weighted by molar-refractivity contribution is 0.0930. The average molecular weight is 396 g/mol. The molecule has 1 heterocycles. The zero-order valence-corrected chi connectivity index (χ0v) is 17.3. The summed E-state index contributed by atoms with van der Waals surface area (Å²) in [7, 11) is 0. The summed E-state index contributed by atoms with van der Waals surface area (Å²) in [6.45, 7) is 6.42. The molecule has 0 radical (unpaired) electrons. The monoisotopic (exact) mass is 395 g/mol. The van der Waals surface area contributed by atoms with Crippen molar-refractivity contribution in [3.05, 3.63) is 71.8 Å². The van der Waals surface area contributed by atoms with Crippen LogP contribution in [0.1, 0.15) is 44.1 Å². The minimum absolute atomic E-state index is 0.109. The van der Waals surface area contributed by atoms with Gasteiger partial charge in [-0.2, -0.15) is 0 Å². The van der Waals surface area contributed by atoms with Crippen molar-refractivity contribution in [1.29, 1.82) is 0 Å². The van der Waals surface area contributed by atoms with Crippen molar-refractivity contribution in [3.8, 4) is 16.8 Å². The number of nitrogens with zero attached hydrogens (tertiary/aromatic N) is 2. The summed E-state index contributed by atoms with van der Waals surface area (Å²) in [4.78, 5) is 17.0. The summed E-state index contributed by atoms with van der Waals surface area (Å²) < 4.78 is 1.82. The van der Waals surface area contributed by atoms with E-state index in [9.17, 15) is 4.79 Å². The Kier molecular flexibility index (Phi) is 6.53. The van der Waals surface area contributed by atoms with Crippen LogP contribution in [0, 0.1) is 5.92 Å². The van der Waals surface area contributed by atoms with E-state index in [1.807, 2.05) is 60.0 Å². The zero-order chi connectivity index (χ0) is 20.1. The molecule has 5 heteroatoms. The number of halogens is 1. The summed E-state index contributed by atoms with van der Waals surface area (Å²) in [5.74, 6) is 0.515. The van der Waals surface area contributed by atoms with Crippen LogP contribution in [0.25, 0.3) is 16.8 Å². The van der Waals surface area contributed by atoms with Gasteiger partial charge in [-0.05, 0) is 61.1 Å². The van der Waals surface area contributed by atoms with Crippen molar-refractivity contribution in [2.75, 3.05) is 0 Å². The molecule has 3 rings (SSSR count). The van der Waals surface area contributed by atoms with Crippen molar-refractivity contribution in [1.82, 2.24) is 14.9 Å². The predicted octanol–water partition coefficient (Wildman–Crippen LogP) is 5.75. The van der Waals surface area contributed by atoms with E-state index in [2.05, 4.69) is 24.1 Å². The van der Waals surface area contributed by atoms with Crippen LogP contribution in [0.2, 0.25) is 5.02 Å². The molecule has 4 nitrogen and oxygen atoms in total. The third kappa shape index (κ3) is 5.02. The molecule has 146 valence electrons. The molecule has 0 aliphatic carbocycles. The van der Waals surface area contributed by atoms with Crippen molar-refractivity contribution in [2.45, 2.75) is 39.7 Å². The van der Waals surface area contributed by atoms with E-state index in [1.54, 1.807) is 12.5 Å². The number of hydrogen-bond donors (Lipinski definition) is 1. The van der Waals surface area contributed by atoms with E-state index in [0.717, 1.165) is 29.7 Å². The van der Waals surface area contributed by atoms with Gasteiger partial charge in [0.25, 0.3) is 5.91 Å². The molecule has 1 atom stereocenters. The van der Waals surface area contributed by atoms with E-state index < -0.39 is 0 Å². The van der Waals surface area contributed by atoms with Gasteiger partial charge in [0.2, 0.25) is 0 Å². The lowest BCUT2D eigenvalue weighted by Gasteiger charge is -2.16. The largest absolute Gasteiger partial charge is 0.348 e. The summed E-state index contributed by atoms with van der Waals surface area (Å²) in [6.07, 6.45) is 5.32. The number of hydrogen-bond acceptors (Lipinski definition) is 2. The fraction of sp³-hybridized carbons (Fsp3) is 0.304. The molecule has 1 aromatic heterocycles. The van der Waals surface area contributed by atoms with E-state index >= 15 is 0 Å². The number of amides is 1. The van der Waals surface area contributed by atoms with Gasteiger partial charge >= 0.3 is 0 Å². The van der Waals surface area contributed by atoms with Gasteiger partial charge in [0.05, 0.1) is 12.5 Å². The van der Waals surface area contributed by atoms with Crippen molar-refractivity contribution in [3.63, 3.8) is 0 Å². The van der Waals surface area contributed by atoms with Crippen LogP contribution in [0.15, 0.2) is 61.1 Å². The average Bonchev–Trinajstić information content (AvgIpc) is 3.16. The molecule has 0 saturated heterocycles. The first-order valence-corrected chi connectivity index (χ1v) is 10.0. The van der Waals surface area contributed by atoms with Crippen LogP contribution < -0.4 is 5.32 Å². The number of aromatic nitrogens is 2. The van der Waals surface area contributed by atoms with Gasteiger partial charge in [-0.1, -0.05) is 49.7 Å². The van der Waals surface area contributed by atoms with Gasteiger partial charge in [-0.15, -0.1) is 0 Å². The summed E-state index contributed by atoms with van der Waals surface area (Å²) in [5, 5.41) is 3.78. The molecule has 3 aromatic rings. The number of carbonyl (C=O) groups excluding carboxylic acids is 1.